The molecule has 42 heavy (non-hydrogen) atoms. The predicted molar refractivity (Wildman–Crippen MR) is 165 cm³/mol. The molecule has 0 N–H and O–H groups in total. The van der Waals surface area contributed by atoms with Gasteiger partial charge >= 0.3 is 0 Å². The third kappa shape index (κ3) is 6.02. The largest absolute Gasteiger partial charge is 0.490 e. The van der Waals surface area contributed by atoms with Crippen molar-refractivity contribution >= 4 is 23.2 Å². The number of carbonyl (C=O) groups excluding carboxylic acids is 2. The smallest absolute Gasteiger partial charge is 0.162 e. The van der Waals surface area contributed by atoms with Crippen molar-refractivity contribution in [3.05, 3.63) is 81.2 Å². The Bertz CT molecular complexity index is 1400. The number of hydrogen-bond donors (Lipinski definition) is 0. The Balaban J connectivity index is 1.63. The van der Waals surface area contributed by atoms with E-state index in [2.05, 4.69) is 32.6 Å². The van der Waals surface area contributed by atoms with Crippen molar-refractivity contribution in [3.63, 3.8) is 0 Å². The van der Waals surface area contributed by atoms with E-state index in [1.807, 2.05) is 49.4 Å². The Kier molecular flexibility index (Phi) is 8.60. The van der Waals surface area contributed by atoms with Crippen molar-refractivity contribution in [2.45, 2.75) is 72.8 Å². The van der Waals surface area contributed by atoms with Gasteiger partial charge in [0, 0.05) is 65.5 Å². The molecule has 0 saturated carbocycles. The Morgan fingerprint density at radius 3 is 2.05 bits per heavy atom. The lowest BCUT2D eigenvalue weighted by Crippen LogP contribution is -2.45. The van der Waals surface area contributed by atoms with Gasteiger partial charge in [-0.3, -0.25) is 9.59 Å². The van der Waals surface area contributed by atoms with Crippen molar-refractivity contribution in [2.75, 3.05) is 26.9 Å². The number of benzene rings is 2. The van der Waals surface area contributed by atoms with Gasteiger partial charge in [-0.05, 0) is 54.4 Å². The first-order chi connectivity index (χ1) is 19.9. The molecule has 3 aliphatic rings. The zero-order valence-electron chi connectivity index (χ0n) is 25.6. The number of nitrogens with zero attached hydrogens (tertiary/aromatic N) is 1. The van der Waals surface area contributed by atoms with E-state index in [9.17, 15) is 9.59 Å². The van der Waals surface area contributed by atoms with Gasteiger partial charge < -0.3 is 19.1 Å². The first-order valence-electron chi connectivity index (χ1n) is 14.9. The van der Waals surface area contributed by atoms with Gasteiger partial charge in [-0.2, -0.15) is 0 Å². The van der Waals surface area contributed by atoms with Crippen LogP contribution in [0.2, 0.25) is 5.02 Å². The second kappa shape index (κ2) is 11.9. The van der Waals surface area contributed by atoms with Crippen LogP contribution in [0.1, 0.15) is 77.3 Å². The summed E-state index contributed by atoms with van der Waals surface area (Å²) >= 11 is 6.36. The lowest BCUT2D eigenvalue weighted by molar-refractivity contribution is -0.119. The van der Waals surface area contributed by atoms with E-state index in [0.29, 0.717) is 55.7 Å². The Hall–Kier alpha value is -3.09. The minimum Gasteiger partial charge on any atom is -0.490 e. The maximum absolute atomic E-state index is 14.0. The fourth-order valence-electron chi connectivity index (χ4n) is 6.70. The van der Waals surface area contributed by atoms with Crippen LogP contribution in [-0.4, -0.2) is 43.3 Å². The molecule has 0 fully saturated rings. The van der Waals surface area contributed by atoms with Crippen molar-refractivity contribution in [3.8, 4) is 11.5 Å². The number of halogens is 1. The molecule has 1 heterocycles. The summed E-state index contributed by atoms with van der Waals surface area (Å²) in [6.07, 6.45) is 2.41. The summed E-state index contributed by atoms with van der Waals surface area (Å²) in [5, 5.41) is 0.642. The van der Waals surface area contributed by atoms with Gasteiger partial charge in [-0.25, -0.2) is 0 Å². The standard InChI is InChI=1S/C35H42ClNO5/c1-7-41-30-16-22(12-13-29(30)42-21-23-10-8-9-11-24(23)36)31-32-25(17-34(2,3)19-27(32)38)37(14-15-40-6)26-18-35(4,5)20-28(39)33(26)31/h8-13,16,31H,7,14-15,17-21H2,1-6H3. The van der Waals surface area contributed by atoms with Crippen LogP contribution in [-0.2, 0) is 20.9 Å². The molecule has 0 saturated heterocycles. The molecule has 6 nitrogen and oxygen atoms in total. The van der Waals surface area contributed by atoms with Gasteiger partial charge in [0.15, 0.2) is 23.1 Å². The molecule has 2 aliphatic carbocycles. The lowest BCUT2D eigenvalue weighted by atomic mass is 9.63. The maximum atomic E-state index is 14.0. The van der Waals surface area contributed by atoms with Crippen LogP contribution in [0.15, 0.2) is 65.0 Å². The maximum Gasteiger partial charge on any atom is 0.162 e. The summed E-state index contributed by atoms with van der Waals surface area (Å²) in [6.45, 7) is 12.4. The molecule has 0 spiro atoms. The summed E-state index contributed by atoms with van der Waals surface area (Å²) in [6, 6.07) is 13.4. The Labute approximate surface area is 254 Å². The number of ether oxygens (including phenoxy) is 3. The van der Waals surface area contributed by atoms with Gasteiger partial charge in [0.25, 0.3) is 0 Å². The molecule has 0 amide bonds. The second-order valence-electron chi connectivity index (χ2n) is 13.2. The fourth-order valence-corrected chi connectivity index (χ4v) is 6.89. The first-order valence-corrected chi connectivity index (χ1v) is 15.2. The van der Waals surface area contributed by atoms with Gasteiger partial charge in [-0.1, -0.05) is 63.6 Å². The quantitative estimate of drug-likeness (QED) is 0.298. The van der Waals surface area contributed by atoms with Gasteiger partial charge in [0.05, 0.1) is 13.2 Å². The van der Waals surface area contributed by atoms with E-state index in [1.165, 1.54) is 0 Å². The highest BCUT2D eigenvalue weighted by atomic mass is 35.5. The van der Waals surface area contributed by atoms with E-state index in [-0.39, 0.29) is 22.4 Å². The highest BCUT2D eigenvalue weighted by Crippen LogP contribution is 2.54. The van der Waals surface area contributed by atoms with Crippen LogP contribution in [0.3, 0.4) is 0 Å². The molecule has 0 atom stereocenters. The minimum atomic E-state index is -0.446. The summed E-state index contributed by atoms with van der Waals surface area (Å²) in [4.78, 5) is 30.3. The van der Waals surface area contributed by atoms with Crippen molar-refractivity contribution in [1.29, 1.82) is 0 Å². The molecular weight excluding hydrogens is 550 g/mol. The van der Waals surface area contributed by atoms with E-state index >= 15 is 0 Å². The molecule has 2 aromatic rings. The summed E-state index contributed by atoms with van der Waals surface area (Å²) in [5.74, 6) is 0.941. The third-order valence-corrected chi connectivity index (χ3v) is 8.85. The average Bonchev–Trinajstić information content (AvgIpc) is 2.90. The average molecular weight is 592 g/mol. The Morgan fingerprint density at radius 1 is 0.857 bits per heavy atom. The topological polar surface area (TPSA) is 65.1 Å². The molecule has 2 aromatic carbocycles. The van der Waals surface area contributed by atoms with Crippen molar-refractivity contribution < 1.29 is 23.8 Å². The second-order valence-corrected chi connectivity index (χ2v) is 13.6. The van der Waals surface area contributed by atoms with Gasteiger partial charge in [0.1, 0.15) is 6.61 Å². The van der Waals surface area contributed by atoms with Crippen LogP contribution in [0.25, 0.3) is 0 Å². The fraction of sp³-hybridized carbons (Fsp3) is 0.486. The monoisotopic (exact) mass is 591 g/mol. The summed E-state index contributed by atoms with van der Waals surface area (Å²) in [7, 11) is 1.69. The minimum absolute atomic E-state index is 0.106. The van der Waals surface area contributed by atoms with Crippen LogP contribution in [0, 0.1) is 10.8 Å². The first kappa shape index (κ1) is 30.4. The molecule has 5 rings (SSSR count). The van der Waals surface area contributed by atoms with E-state index < -0.39 is 5.92 Å². The number of ketones is 2. The number of rotatable bonds is 9. The molecule has 0 unspecified atom stereocenters. The molecule has 0 aromatic heterocycles. The van der Waals surface area contributed by atoms with E-state index in [0.717, 1.165) is 46.5 Å². The molecule has 0 radical (unpaired) electrons. The molecule has 0 bridgehead atoms. The molecular formula is C35H42ClNO5. The number of Topliss-reactive ketones (excluding diaryl/α,β-unsaturated/α-hetero) is 2. The van der Waals surface area contributed by atoms with Crippen LogP contribution < -0.4 is 9.47 Å². The van der Waals surface area contributed by atoms with Crippen LogP contribution in [0.5, 0.6) is 11.5 Å². The van der Waals surface area contributed by atoms with Gasteiger partial charge in [-0.15, -0.1) is 0 Å². The van der Waals surface area contributed by atoms with E-state index in [1.54, 1.807) is 7.11 Å². The lowest BCUT2D eigenvalue weighted by Gasteiger charge is -2.49. The zero-order chi connectivity index (χ0) is 30.2. The van der Waals surface area contributed by atoms with Crippen molar-refractivity contribution in [1.82, 2.24) is 4.90 Å². The molecule has 1 aliphatic heterocycles. The van der Waals surface area contributed by atoms with Gasteiger partial charge in [0.2, 0.25) is 0 Å². The normalized spacial score (nSPS) is 20.0. The SMILES string of the molecule is CCOc1cc(C2C3=C(CC(C)(C)CC3=O)N(CCOC)C3=C2C(=O)CC(C)(C)C3)ccc1OCc1ccccc1Cl. The number of allylic oxidation sites excluding steroid dienone is 4. The zero-order valence-corrected chi connectivity index (χ0v) is 26.4. The number of carbonyl (C=O) groups is 2. The van der Waals surface area contributed by atoms with Crippen molar-refractivity contribution in [2.24, 2.45) is 10.8 Å². The number of hydrogen-bond acceptors (Lipinski definition) is 6. The summed E-state index contributed by atoms with van der Waals surface area (Å²) < 4.78 is 17.7. The Morgan fingerprint density at radius 2 is 1.48 bits per heavy atom. The summed E-state index contributed by atoms with van der Waals surface area (Å²) in [5.41, 5.74) is 4.93. The predicted octanol–water partition coefficient (Wildman–Crippen LogP) is 7.65. The molecule has 224 valence electrons. The highest BCUT2D eigenvalue weighted by molar-refractivity contribution is 6.31. The third-order valence-electron chi connectivity index (χ3n) is 8.48. The number of methoxy groups -OCH3 is 1. The van der Waals surface area contributed by atoms with E-state index in [4.69, 9.17) is 25.8 Å². The van der Waals surface area contributed by atoms with Crippen LogP contribution in [0.4, 0.5) is 0 Å². The van der Waals surface area contributed by atoms with Crippen LogP contribution >= 0.6 is 11.6 Å². The highest BCUT2D eigenvalue weighted by Gasteiger charge is 2.49. The molecule has 7 heteroatoms.